The Morgan fingerprint density at radius 2 is 1.84 bits per heavy atom. The molecule has 0 saturated heterocycles. The van der Waals surface area contributed by atoms with E-state index in [0.717, 1.165) is 17.8 Å². The van der Waals surface area contributed by atoms with Crippen molar-refractivity contribution >= 4 is 28.5 Å². The number of hydrogen-bond donors (Lipinski definition) is 4. The van der Waals surface area contributed by atoms with Crippen LogP contribution >= 0.6 is 11.8 Å². The van der Waals surface area contributed by atoms with Crippen molar-refractivity contribution < 1.29 is 28.2 Å². The second kappa shape index (κ2) is 8.79. The highest BCUT2D eigenvalue weighted by molar-refractivity contribution is 8.17. The van der Waals surface area contributed by atoms with Crippen LogP contribution < -0.4 is 11.1 Å². The number of thioether (sulfide) groups is 1. The fourth-order valence-corrected chi connectivity index (χ4v) is 3.54. The summed E-state index contributed by atoms with van der Waals surface area (Å²) in [6, 6.07) is 10.6. The molecular formula is C21H19F3N4O3S. The van der Waals surface area contributed by atoms with E-state index >= 15 is 0 Å². The SMILES string of the molecule is CC(C)(O)c1ccc(C2=NC(C(N)=O)=C=C(Nc3cccc(C(O)C(F)(F)F)n3)S2)cc1. The monoisotopic (exact) mass is 464 g/mol. The third kappa shape index (κ3) is 5.57. The lowest BCUT2D eigenvalue weighted by molar-refractivity contribution is -0.207. The second-order valence-electron chi connectivity index (χ2n) is 7.34. The molecule has 0 spiro atoms. The molecule has 1 aromatic heterocycles. The number of rotatable bonds is 6. The Kier molecular flexibility index (Phi) is 6.47. The van der Waals surface area contributed by atoms with Crippen LogP contribution in [0.1, 0.15) is 36.8 Å². The molecule has 168 valence electrons. The topological polar surface area (TPSA) is 121 Å². The molecule has 7 nitrogen and oxygen atoms in total. The Balaban J connectivity index is 1.89. The number of benzene rings is 1. The normalized spacial score (nSPS) is 15.4. The lowest BCUT2D eigenvalue weighted by Crippen LogP contribution is -2.21. The quantitative estimate of drug-likeness (QED) is 0.487. The van der Waals surface area contributed by atoms with Crippen molar-refractivity contribution in [3.05, 3.63) is 75.7 Å². The largest absolute Gasteiger partial charge is 0.420 e. The van der Waals surface area contributed by atoms with Gasteiger partial charge in [0.2, 0.25) is 0 Å². The first-order valence-corrected chi connectivity index (χ1v) is 10.1. The van der Waals surface area contributed by atoms with E-state index < -0.39 is 29.5 Å². The Morgan fingerprint density at radius 1 is 1.19 bits per heavy atom. The lowest BCUT2D eigenvalue weighted by atomic mass is 9.97. The van der Waals surface area contributed by atoms with Crippen LogP contribution in [0, 0.1) is 0 Å². The molecule has 11 heteroatoms. The fraction of sp³-hybridized carbons (Fsp3) is 0.238. The standard InChI is InChI=1S/C21H19F3N4O3S/c1-20(2,31)12-8-6-11(7-9-12)19-27-14(18(25)30)10-16(32-19)28-15-5-3-4-13(26-15)17(29)21(22,23)24/h3-9,17,29,31H,1-2H3,(H2,25,30)(H,26,28). The summed E-state index contributed by atoms with van der Waals surface area (Å²) >= 11 is 1.06. The zero-order valence-corrected chi connectivity index (χ0v) is 17.8. The number of aliphatic hydroxyl groups excluding tert-OH is 1. The molecule has 3 rings (SSSR count). The number of nitrogens with one attached hydrogen (secondary N) is 1. The minimum atomic E-state index is -4.86. The Morgan fingerprint density at radius 3 is 2.41 bits per heavy atom. The zero-order chi connectivity index (χ0) is 23.7. The first kappa shape index (κ1) is 23.6. The molecule has 1 amide bonds. The summed E-state index contributed by atoms with van der Waals surface area (Å²) in [5.41, 5.74) is 7.52. The van der Waals surface area contributed by atoms with E-state index in [1.165, 1.54) is 12.1 Å². The van der Waals surface area contributed by atoms with Gasteiger partial charge in [0, 0.05) is 5.56 Å². The summed E-state index contributed by atoms with van der Waals surface area (Å²) in [6.07, 6.45) is -7.60. The Labute approximate surface area is 185 Å². The van der Waals surface area contributed by atoms with Crippen molar-refractivity contribution in [2.45, 2.75) is 31.7 Å². The van der Waals surface area contributed by atoms with Crippen molar-refractivity contribution in [3.63, 3.8) is 0 Å². The van der Waals surface area contributed by atoms with Gasteiger partial charge in [-0.25, -0.2) is 9.98 Å². The summed E-state index contributed by atoms with van der Waals surface area (Å²) in [7, 11) is 0. The lowest BCUT2D eigenvalue weighted by Gasteiger charge is -2.19. The highest BCUT2D eigenvalue weighted by Gasteiger charge is 2.40. The van der Waals surface area contributed by atoms with Crippen LogP contribution in [0.5, 0.6) is 0 Å². The molecule has 1 aliphatic rings. The number of alkyl halides is 3. The van der Waals surface area contributed by atoms with Gasteiger partial charge in [0.25, 0.3) is 5.91 Å². The molecule has 1 aromatic carbocycles. The number of aliphatic imine (C=N–C) groups is 1. The van der Waals surface area contributed by atoms with Crippen molar-refractivity contribution in [1.82, 2.24) is 4.98 Å². The molecule has 1 unspecified atom stereocenters. The molecule has 0 aliphatic carbocycles. The number of primary amides is 1. The maximum absolute atomic E-state index is 12.8. The molecule has 0 radical (unpaired) electrons. The number of amides is 1. The van der Waals surface area contributed by atoms with Gasteiger partial charge < -0.3 is 21.3 Å². The van der Waals surface area contributed by atoms with Crippen LogP contribution in [0.3, 0.4) is 0 Å². The van der Waals surface area contributed by atoms with E-state index in [9.17, 15) is 28.2 Å². The number of carbonyl (C=O) groups excluding carboxylic acids is 1. The van der Waals surface area contributed by atoms with Gasteiger partial charge in [-0.3, -0.25) is 4.79 Å². The summed E-state index contributed by atoms with van der Waals surface area (Å²) in [4.78, 5) is 19.7. The number of carbonyl (C=O) groups is 1. The fourth-order valence-electron chi connectivity index (χ4n) is 2.66. The maximum atomic E-state index is 12.8. The predicted octanol–water partition coefficient (Wildman–Crippen LogP) is 3.32. The number of aliphatic hydroxyl groups is 2. The number of halogens is 3. The Bertz CT molecular complexity index is 1130. The van der Waals surface area contributed by atoms with Crippen molar-refractivity contribution in [3.8, 4) is 0 Å². The number of nitrogens with zero attached hydrogens (tertiary/aromatic N) is 2. The van der Waals surface area contributed by atoms with E-state index in [1.54, 1.807) is 38.1 Å². The number of anilines is 1. The van der Waals surface area contributed by atoms with Gasteiger partial charge in [-0.15, -0.1) is 0 Å². The third-order valence-corrected chi connectivity index (χ3v) is 5.25. The number of pyridine rings is 1. The van der Waals surface area contributed by atoms with Crippen molar-refractivity contribution in [2.24, 2.45) is 10.7 Å². The van der Waals surface area contributed by atoms with Gasteiger partial charge >= 0.3 is 6.18 Å². The van der Waals surface area contributed by atoms with Crippen LogP contribution in [0.2, 0.25) is 0 Å². The average molecular weight is 464 g/mol. The molecule has 0 fully saturated rings. The van der Waals surface area contributed by atoms with E-state index in [-0.39, 0.29) is 16.5 Å². The molecule has 1 aliphatic heterocycles. The smallest absolute Gasteiger partial charge is 0.386 e. The molecule has 5 N–H and O–H groups in total. The van der Waals surface area contributed by atoms with Gasteiger partial charge in [-0.1, -0.05) is 36.1 Å². The van der Waals surface area contributed by atoms with Gasteiger partial charge in [0.05, 0.1) is 11.3 Å². The van der Waals surface area contributed by atoms with Crippen molar-refractivity contribution in [2.75, 3.05) is 5.32 Å². The number of hydrogen-bond acceptors (Lipinski definition) is 7. The molecule has 0 bridgehead atoms. The first-order valence-electron chi connectivity index (χ1n) is 9.24. The van der Waals surface area contributed by atoms with Crippen LogP contribution in [-0.4, -0.2) is 32.3 Å². The van der Waals surface area contributed by atoms with E-state index in [1.807, 2.05) is 0 Å². The van der Waals surface area contributed by atoms with Gasteiger partial charge in [0.15, 0.2) is 11.8 Å². The second-order valence-corrected chi connectivity index (χ2v) is 8.34. The highest BCUT2D eigenvalue weighted by atomic mass is 32.2. The van der Waals surface area contributed by atoms with E-state index in [0.29, 0.717) is 16.2 Å². The minimum Gasteiger partial charge on any atom is -0.386 e. The summed E-state index contributed by atoms with van der Waals surface area (Å²) in [5, 5.41) is 22.9. The van der Waals surface area contributed by atoms with Gasteiger partial charge in [-0.05, 0) is 43.3 Å². The average Bonchev–Trinajstić information content (AvgIpc) is 2.72. The van der Waals surface area contributed by atoms with Crippen LogP contribution in [0.4, 0.5) is 19.0 Å². The molecule has 1 atom stereocenters. The summed E-state index contributed by atoms with van der Waals surface area (Å²) in [6.45, 7) is 3.29. The van der Waals surface area contributed by atoms with Gasteiger partial charge in [0.1, 0.15) is 15.9 Å². The first-order chi connectivity index (χ1) is 14.8. The Hall–Kier alpha value is -3.11. The van der Waals surface area contributed by atoms with Crippen LogP contribution in [-0.2, 0) is 10.4 Å². The van der Waals surface area contributed by atoms with Crippen LogP contribution in [0.15, 0.2) is 63.9 Å². The van der Waals surface area contributed by atoms with E-state index in [2.05, 4.69) is 21.0 Å². The van der Waals surface area contributed by atoms with Crippen molar-refractivity contribution in [1.29, 1.82) is 0 Å². The third-order valence-electron chi connectivity index (χ3n) is 4.32. The molecule has 32 heavy (non-hydrogen) atoms. The van der Waals surface area contributed by atoms with Gasteiger partial charge in [-0.2, -0.15) is 13.2 Å². The minimum absolute atomic E-state index is 0.00301. The summed E-state index contributed by atoms with van der Waals surface area (Å²) < 4.78 is 38.4. The predicted molar refractivity (Wildman–Crippen MR) is 114 cm³/mol. The number of aromatic nitrogens is 1. The zero-order valence-electron chi connectivity index (χ0n) is 16.9. The molecular weight excluding hydrogens is 445 g/mol. The summed E-state index contributed by atoms with van der Waals surface area (Å²) in [5.74, 6) is -0.840. The van der Waals surface area contributed by atoms with Crippen LogP contribution in [0.25, 0.3) is 0 Å². The van der Waals surface area contributed by atoms with E-state index in [4.69, 9.17) is 5.73 Å². The maximum Gasteiger partial charge on any atom is 0.420 e. The molecule has 2 heterocycles. The number of nitrogens with two attached hydrogens (primary N) is 1. The molecule has 2 aromatic rings. The highest BCUT2D eigenvalue weighted by Crippen LogP contribution is 2.33. The molecule has 0 saturated carbocycles.